The highest BCUT2D eigenvalue weighted by Gasteiger charge is 2.05. The van der Waals surface area contributed by atoms with E-state index < -0.39 is 0 Å². The van der Waals surface area contributed by atoms with Gasteiger partial charge in [-0.3, -0.25) is 4.79 Å². The summed E-state index contributed by atoms with van der Waals surface area (Å²) < 4.78 is 5.79. The van der Waals surface area contributed by atoms with Crippen LogP contribution in [0.25, 0.3) is 0 Å². The van der Waals surface area contributed by atoms with E-state index in [0.29, 0.717) is 36.7 Å². The molecule has 0 fully saturated rings. The molecule has 32 heavy (non-hydrogen) atoms. The first-order valence-electron chi connectivity index (χ1n) is 10.1. The van der Waals surface area contributed by atoms with Gasteiger partial charge in [0.2, 0.25) is 5.91 Å². The fourth-order valence-corrected chi connectivity index (χ4v) is 3.02. The van der Waals surface area contributed by atoms with Gasteiger partial charge in [-0.15, -0.1) is 0 Å². The zero-order chi connectivity index (χ0) is 22.8. The van der Waals surface area contributed by atoms with Crippen LogP contribution in [0.4, 0.5) is 16.2 Å². The second-order valence-electron chi connectivity index (χ2n) is 7.16. The van der Waals surface area contributed by atoms with Crippen molar-refractivity contribution in [2.24, 2.45) is 0 Å². The van der Waals surface area contributed by atoms with Crippen molar-refractivity contribution in [3.05, 3.63) is 89.5 Å². The molecule has 0 aliphatic heterocycles. The first kappa shape index (κ1) is 22.4. The molecule has 0 spiro atoms. The van der Waals surface area contributed by atoms with Crippen molar-refractivity contribution >= 4 is 23.3 Å². The number of hydrogen-bond acceptors (Lipinski definition) is 4. The van der Waals surface area contributed by atoms with Gasteiger partial charge < -0.3 is 20.7 Å². The van der Waals surface area contributed by atoms with Crippen LogP contribution in [0.3, 0.4) is 0 Å². The van der Waals surface area contributed by atoms with Gasteiger partial charge in [-0.25, -0.2) is 4.79 Å². The molecule has 0 heterocycles. The van der Waals surface area contributed by atoms with E-state index in [4.69, 9.17) is 10.00 Å². The van der Waals surface area contributed by atoms with E-state index in [9.17, 15) is 9.59 Å². The lowest BCUT2D eigenvalue weighted by Crippen LogP contribution is -2.28. The normalized spacial score (nSPS) is 10.0. The molecule has 0 aliphatic carbocycles. The van der Waals surface area contributed by atoms with Gasteiger partial charge in [-0.05, 0) is 53.1 Å². The number of carbonyl (C=O) groups excluding carboxylic acids is 2. The van der Waals surface area contributed by atoms with Crippen molar-refractivity contribution in [2.75, 3.05) is 10.6 Å². The monoisotopic (exact) mass is 428 g/mol. The summed E-state index contributed by atoms with van der Waals surface area (Å²) in [5, 5.41) is 17.1. The van der Waals surface area contributed by atoms with Gasteiger partial charge in [0, 0.05) is 24.8 Å². The predicted octanol–water partition coefficient (Wildman–Crippen LogP) is 4.61. The van der Waals surface area contributed by atoms with Crippen molar-refractivity contribution < 1.29 is 14.3 Å². The Kier molecular flexibility index (Phi) is 7.82. The average molecular weight is 428 g/mol. The van der Waals surface area contributed by atoms with Crippen LogP contribution in [0.2, 0.25) is 0 Å². The first-order valence-corrected chi connectivity index (χ1v) is 10.1. The number of nitriles is 1. The zero-order valence-corrected chi connectivity index (χ0v) is 17.7. The SMILES string of the molecule is CC(=O)Nc1cccc(CNC(=O)Nc2cccc(COc3ccc(CC#N)cc3)c2)c1. The third-order valence-electron chi connectivity index (χ3n) is 4.50. The number of nitrogens with one attached hydrogen (secondary N) is 3. The van der Waals surface area contributed by atoms with Crippen molar-refractivity contribution in [2.45, 2.75) is 26.5 Å². The lowest BCUT2D eigenvalue weighted by atomic mass is 10.1. The van der Waals surface area contributed by atoms with E-state index >= 15 is 0 Å². The summed E-state index contributed by atoms with van der Waals surface area (Å²) in [6, 6.07) is 23.9. The Labute approximate surface area is 187 Å². The molecule has 3 amide bonds. The van der Waals surface area contributed by atoms with Gasteiger partial charge in [-0.1, -0.05) is 36.4 Å². The molecule has 0 saturated heterocycles. The molecule has 0 atom stereocenters. The van der Waals surface area contributed by atoms with E-state index in [-0.39, 0.29) is 11.9 Å². The Morgan fingerprint density at radius 2 is 1.53 bits per heavy atom. The quantitative estimate of drug-likeness (QED) is 0.487. The average Bonchev–Trinajstić information content (AvgIpc) is 2.78. The van der Waals surface area contributed by atoms with Gasteiger partial charge >= 0.3 is 6.03 Å². The summed E-state index contributed by atoms with van der Waals surface area (Å²) in [5.41, 5.74) is 4.06. The molecule has 3 N–H and O–H groups in total. The molecule has 0 saturated carbocycles. The van der Waals surface area contributed by atoms with Crippen LogP contribution in [0.15, 0.2) is 72.8 Å². The molecule has 0 aromatic heterocycles. The lowest BCUT2D eigenvalue weighted by Gasteiger charge is -2.11. The summed E-state index contributed by atoms with van der Waals surface area (Å²) in [6.45, 7) is 2.12. The number of urea groups is 1. The molecule has 3 aromatic rings. The highest BCUT2D eigenvalue weighted by Crippen LogP contribution is 2.17. The van der Waals surface area contributed by atoms with Crippen LogP contribution >= 0.6 is 0 Å². The number of hydrogen-bond donors (Lipinski definition) is 3. The standard InChI is InChI=1S/C25H24N4O3/c1-18(30)28-22-6-2-4-20(14-22)16-27-25(31)29-23-7-3-5-21(15-23)17-32-24-10-8-19(9-11-24)12-13-26/h2-11,14-15H,12,16-17H2,1H3,(H,28,30)(H2,27,29,31). The maximum absolute atomic E-state index is 12.3. The van der Waals surface area contributed by atoms with Gasteiger partial charge in [0.1, 0.15) is 12.4 Å². The highest BCUT2D eigenvalue weighted by molar-refractivity contribution is 5.90. The van der Waals surface area contributed by atoms with Gasteiger partial charge in [-0.2, -0.15) is 5.26 Å². The predicted molar refractivity (Wildman–Crippen MR) is 123 cm³/mol. The molecule has 0 unspecified atom stereocenters. The number of ether oxygens (including phenoxy) is 1. The number of nitrogens with zero attached hydrogens (tertiary/aromatic N) is 1. The largest absolute Gasteiger partial charge is 0.489 e. The number of carbonyl (C=O) groups is 2. The second kappa shape index (κ2) is 11.2. The maximum atomic E-state index is 12.3. The Balaban J connectivity index is 1.50. The van der Waals surface area contributed by atoms with Gasteiger partial charge in [0.15, 0.2) is 0 Å². The van der Waals surface area contributed by atoms with Crippen LogP contribution < -0.4 is 20.7 Å². The molecule has 0 bridgehead atoms. The van der Waals surface area contributed by atoms with E-state index in [1.165, 1.54) is 6.92 Å². The fourth-order valence-electron chi connectivity index (χ4n) is 3.02. The first-order chi connectivity index (χ1) is 15.5. The molecule has 7 heteroatoms. The summed E-state index contributed by atoms with van der Waals surface area (Å²) in [4.78, 5) is 23.5. The van der Waals surface area contributed by atoms with Gasteiger partial charge in [0.25, 0.3) is 0 Å². The van der Waals surface area contributed by atoms with Crippen LogP contribution in [0, 0.1) is 11.3 Å². The third kappa shape index (κ3) is 7.18. The van der Waals surface area contributed by atoms with Crippen molar-refractivity contribution in [1.29, 1.82) is 5.26 Å². The van der Waals surface area contributed by atoms with Crippen molar-refractivity contribution in [3.63, 3.8) is 0 Å². The highest BCUT2D eigenvalue weighted by atomic mass is 16.5. The Morgan fingerprint density at radius 1 is 0.875 bits per heavy atom. The van der Waals surface area contributed by atoms with Crippen LogP contribution in [-0.4, -0.2) is 11.9 Å². The fraction of sp³-hybridized carbons (Fsp3) is 0.160. The summed E-state index contributed by atoms with van der Waals surface area (Å²) in [5.74, 6) is 0.567. The second-order valence-corrected chi connectivity index (χ2v) is 7.16. The van der Waals surface area contributed by atoms with E-state index in [0.717, 1.165) is 16.7 Å². The Hall–Kier alpha value is -4.31. The molecular weight excluding hydrogens is 404 g/mol. The maximum Gasteiger partial charge on any atom is 0.319 e. The number of benzene rings is 3. The lowest BCUT2D eigenvalue weighted by molar-refractivity contribution is -0.114. The van der Waals surface area contributed by atoms with Crippen LogP contribution in [-0.2, 0) is 24.4 Å². The smallest absolute Gasteiger partial charge is 0.319 e. The van der Waals surface area contributed by atoms with Crippen molar-refractivity contribution in [1.82, 2.24) is 5.32 Å². The molecule has 162 valence electrons. The summed E-state index contributed by atoms with van der Waals surface area (Å²) in [7, 11) is 0. The Morgan fingerprint density at radius 3 is 2.22 bits per heavy atom. The summed E-state index contributed by atoms with van der Waals surface area (Å²) >= 11 is 0. The molecule has 0 aliphatic rings. The van der Waals surface area contributed by atoms with Gasteiger partial charge in [0.05, 0.1) is 12.5 Å². The third-order valence-corrected chi connectivity index (χ3v) is 4.50. The molecule has 0 radical (unpaired) electrons. The molecule has 7 nitrogen and oxygen atoms in total. The van der Waals surface area contributed by atoms with Crippen LogP contribution in [0.5, 0.6) is 5.75 Å². The molecular formula is C25H24N4O3. The number of anilines is 2. The van der Waals surface area contributed by atoms with Crippen molar-refractivity contribution in [3.8, 4) is 11.8 Å². The zero-order valence-electron chi connectivity index (χ0n) is 17.7. The minimum atomic E-state index is -0.332. The van der Waals surface area contributed by atoms with E-state index in [2.05, 4.69) is 22.0 Å². The summed E-state index contributed by atoms with van der Waals surface area (Å²) in [6.07, 6.45) is 0.372. The molecule has 3 rings (SSSR count). The number of rotatable bonds is 8. The van der Waals surface area contributed by atoms with E-state index in [1.807, 2.05) is 60.7 Å². The molecule has 3 aromatic carbocycles. The Bertz CT molecular complexity index is 1120. The topological polar surface area (TPSA) is 103 Å². The minimum absolute atomic E-state index is 0.146. The number of amides is 3. The minimum Gasteiger partial charge on any atom is -0.489 e. The van der Waals surface area contributed by atoms with Crippen LogP contribution in [0.1, 0.15) is 23.6 Å². The van der Waals surface area contributed by atoms with E-state index in [1.54, 1.807) is 12.1 Å².